The van der Waals surface area contributed by atoms with Crippen LogP contribution in [-0.4, -0.2) is 29.6 Å². The number of aromatic nitrogens is 2. The highest BCUT2D eigenvalue weighted by molar-refractivity contribution is 5.37. The van der Waals surface area contributed by atoms with Gasteiger partial charge in [-0.25, -0.2) is 4.98 Å². The van der Waals surface area contributed by atoms with E-state index in [4.69, 9.17) is 5.73 Å². The van der Waals surface area contributed by atoms with Crippen LogP contribution in [0.3, 0.4) is 0 Å². The summed E-state index contributed by atoms with van der Waals surface area (Å²) < 4.78 is 0. The first-order valence-electron chi connectivity index (χ1n) is 5.83. The van der Waals surface area contributed by atoms with Crippen molar-refractivity contribution in [1.29, 1.82) is 0 Å². The highest BCUT2D eigenvalue weighted by Gasteiger charge is 2.10. The molecule has 0 aliphatic carbocycles. The molecule has 1 unspecified atom stereocenters. The molecule has 0 aliphatic rings. The van der Waals surface area contributed by atoms with Crippen LogP contribution in [0.1, 0.15) is 25.2 Å². The third-order valence-corrected chi connectivity index (χ3v) is 2.82. The Bertz CT molecular complexity index is 338. The van der Waals surface area contributed by atoms with Crippen LogP contribution in [0.15, 0.2) is 6.20 Å². The SMILES string of the molecule is CCN(CC(C)CN)c1cnc(C)c(C)n1. The Hall–Kier alpha value is -1.16. The van der Waals surface area contributed by atoms with Gasteiger partial charge < -0.3 is 10.6 Å². The van der Waals surface area contributed by atoms with Crippen molar-refractivity contribution in [2.75, 3.05) is 24.5 Å². The molecule has 1 heterocycles. The molecule has 1 rings (SSSR count). The summed E-state index contributed by atoms with van der Waals surface area (Å²) in [6, 6.07) is 0. The summed E-state index contributed by atoms with van der Waals surface area (Å²) in [5, 5.41) is 0. The maximum absolute atomic E-state index is 5.64. The molecule has 2 N–H and O–H groups in total. The molecule has 4 heteroatoms. The maximum Gasteiger partial charge on any atom is 0.147 e. The standard InChI is InChI=1S/C12H22N4/c1-5-16(8-9(2)6-13)12-7-14-10(3)11(4)15-12/h7,9H,5-6,8,13H2,1-4H3. The van der Waals surface area contributed by atoms with Crippen LogP contribution >= 0.6 is 0 Å². The summed E-state index contributed by atoms with van der Waals surface area (Å²) in [7, 11) is 0. The third-order valence-electron chi connectivity index (χ3n) is 2.82. The van der Waals surface area contributed by atoms with Crippen molar-refractivity contribution < 1.29 is 0 Å². The second-order valence-electron chi connectivity index (χ2n) is 4.28. The second kappa shape index (κ2) is 5.80. The van der Waals surface area contributed by atoms with E-state index in [2.05, 4.69) is 28.7 Å². The van der Waals surface area contributed by atoms with E-state index in [9.17, 15) is 0 Å². The van der Waals surface area contributed by atoms with Crippen molar-refractivity contribution in [1.82, 2.24) is 9.97 Å². The predicted molar refractivity (Wildman–Crippen MR) is 67.6 cm³/mol. The lowest BCUT2D eigenvalue weighted by Crippen LogP contribution is -2.32. The van der Waals surface area contributed by atoms with Gasteiger partial charge in [0.1, 0.15) is 5.82 Å². The number of nitrogens with zero attached hydrogens (tertiary/aromatic N) is 3. The summed E-state index contributed by atoms with van der Waals surface area (Å²) in [5.41, 5.74) is 7.63. The van der Waals surface area contributed by atoms with E-state index in [1.54, 1.807) is 0 Å². The van der Waals surface area contributed by atoms with Crippen molar-refractivity contribution in [3.8, 4) is 0 Å². The molecule has 0 aromatic carbocycles. The number of rotatable bonds is 5. The van der Waals surface area contributed by atoms with Gasteiger partial charge in [0, 0.05) is 13.1 Å². The van der Waals surface area contributed by atoms with E-state index in [1.807, 2.05) is 20.0 Å². The molecule has 1 aromatic rings. The average Bonchev–Trinajstić information content (AvgIpc) is 2.29. The molecule has 0 fully saturated rings. The number of hydrogen-bond donors (Lipinski definition) is 1. The van der Waals surface area contributed by atoms with E-state index < -0.39 is 0 Å². The summed E-state index contributed by atoms with van der Waals surface area (Å²) in [6.07, 6.45) is 1.84. The first-order valence-corrected chi connectivity index (χ1v) is 5.83. The number of hydrogen-bond acceptors (Lipinski definition) is 4. The highest BCUT2D eigenvalue weighted by atomic mass is 15.2. The van der Waals surface area contributed by atoms with Crippen LogP contribution in [0.4, 0.5) is 5.82 Å². The molecule has 0 amide bonds. The topological polar surface area (TPSA) is 55.0 Å². The fourth-order valence-corrected chi connectivity index (χ4v) is 1.52. The molecule has 90 valence electrons. The molecule has 1 atom stereocenters. The lowest BCUT2D eigenvalue weighted by atomic mass is 10.1. The molecule has 0 radical (unpaired) electrons. The smallest absolute Gasteiger partial charge is 0.147 e. The first-order chi connectivity index (χ1) is 7.58. The van der Waals surface area contributed by atoms with Gasteiger partial charge in [0.05, 0.1) is 17.6 Å². The molecule has 0 saturated carbocycles. The molecule has 1 aromatic heterocycles. The Kier molecular flexibility index (Phi) is 4.68. The summed E-state index contributed by atoms with van der Waals surface area (Å²) in [6.45, 7) is 10.8. The molecular formula is C12H22N4. The predicted octanol–water partition coefficient (Wildman–Crippen LogP) is 1.51. The minimum absolute atomic E-state index is 0.475. The van der Waals surface area contributed by atoms with Gasteiger partial charge in [-0.15, -0.1) is 0 Å². The third kappa shape index (κ3) is 3.17. The quantitative estimate of drug-likeness (QED) is 0.820. The van der Waals surface area contributed by atoms with Crippen LogP contribution in [0.5, 0.6) is 0 Å². The van der Waals surface area contributed by atoms with Crippen molar-refractivity contribution >= 4 is 5.82 Å². The second-order valence-corrected chi connectivity index (χ2v) is 4.28. The van der Waals surface area contributed by atoms with Crippen LogP contribution in [0.25, 0.3) is 0 Å². The Morgan fingerprint density at radius 2 is 2.06 bits per heavy atom. The van der Waals surface area contributed by atoms with Crippen molar-refractivity contribution in [2.24, 2.45) is 11.7 Å². The van der Waals surface area contributed by atoms with Crippen molar-refractivity contribution in [2.45, 2.75) is 27.7 Å². The van der Waals surface area contributed by atoms with Gasteiger partial charge >= 0.3 is 0 Å². The van der Waals surface area contributed by atoms with Gasteiger partial charge in [-0.1, -0.05) is 6.92 Å². The van der Waals surface area contributed by atoms with E-state index in [1.165, 1.54) is 0 Å². The van der Waals surface area contributed by atoms with Crippen LogP contribution in [-0.2, 0) is 0 Å². The zero-order valence-electron chi connectivity index (χ0n) is 10.7. The van der Waals surface area contributed by atoms with E-state index in [0.717, 1.165) is 30.3 Å². The lowest BCUT2D eigenvalue weighted by Gasteiger charge is -2.25. The van der Waals surface area contributed by atoms with Gasteiger partial charge in [-0.2, -0.15) is 0 Å². The van der Waals surface area contributed by atoms with Gasteiger partial charge in [0.25, 0.3) is 0 Å². The normalized spacial score (nSPS) is 12.6. The summed E-state index contributed by atoms with van der Waals surface area (Å²) in [5.74, 6) is 1.43. The molecule has 16 heavy (non-hydrogen) atoms. The average molecular weight is 222 g/mol. The van der Waals surface area contributed by atoms with Crippen molar-refractivity contribution in [3.05, 3.63) is 17.6 Å². The molecule has 4 nitrogen and oxygen atoms in total. The van der Waals surface area contributed by atoms with Crippen LogP contribution in [0.2, 0.25) is 0 Å². The lowest BCUT2D eigenvalue weighted by molar-refractivity contribution is 0.572. The van der Waals surface area contributed by atoms with Gasteiger partial charge in [0.15, 0.2) is 0 Å². The van der Waals surface area contributed by atoms with Gasteiger partial charge in [-0.3, -0.25) is 4.98 Å². The zero-order valence-corrected chi connectivity index (χ0v) is 10.7. The van der Waals surface area contributed by atoms with Crippen LogP contribution in [0, 0.1) is 19.8 Å². The molecule has 0 aliphatic heterocycles. The number of aryl methyl sites for hydroxylation is 2. The zero-order chi connectivity index (χ0) is 12.1. The summed E-state index contributed by atoms with van der Waals surface area (Å²) >= 11 is 0. The Morgan fingerprint density at radius 3 is 2.56 bits per heavy atom. The highest BCUT2D eigenvalue weighted by Crippen LogP contribution is 2.13. The van der Waals surface area contributed by atoms with Crippen LogP contribution < -0.4 is 10.6 Å². The molecular weight excluding hydrogens is 200 g/mol. The number of anilines is 1. The fraction of sp³-hybridized carbons (Fsp3) is 0.667. The monoisotopic (exact) mass is 222 g/mol. The minimum Gasteiger partial charge on any atom is -0.355 e. The molecule has 0 bridgehead atoms. The Labute approximate surface area is 97.9 Å². The van der Waals surface area contributed by atoms with E-state index >= 15 is 0 Å². The fourth-order valence-electron chi connectivity index (χ4n) is 1.52. The largest absolute Gasteiger partial charge is 0.355 e. The first kappa shape index (κ1) is 12.9. The van der Waals surface area contributed by atoms with E-state index in [0.29, 0.717) is 12.5 Å². The van der Waals surface area contributed by atoms with Crippen molar-refractivity contribution in [3.63, 3.8) is 0 Å². The molecule has 0 spiro atoms. The Morgan fingerprint density at radius 1 is 1.38 bits per heavy atom. The Balaban J connectivity index is 2.82. The molecule has 0 saturated heterocycles. The summed E-state index contributed by atoms with van der Waals surface area (Å²) in [4.78, 5) is 11.1. The van der Waals surface area contributed by atoms with Gasteiger partial charge in [-0.05, 0) is 33.2 Å². The van der Waals surface area contributed by atoms with Gasteiger partial charge in [0.2, 0.25) is 0 Å². The van der Waals surface area contributed by atoms with E-state index in [-0.39, 0.29) is 0 Å². The number of nitrogens with two attached hydrogens (primary N) is 1. The minimum atomic E-state index is 0.475. The maximum atomic E-state index is 5.64.